The van der Waals surface area contributed by atoms with Gasteiger partial charge in [-0.1, -0.05) is 50.1 Å². The van der Waals surface area contributed by atoms with Crippen LogP contribution in [0.2, 0.25) is 0 Å². The second-order valence-corrected chi connectivity index (χ2v) is 3.25. The number of hydrogen-bond acceptors (Lipinski definition) is 2. The van der Waals surface area contributed by atoms with Crippen molar-refractivity contribution in [2.24, 2.45) is 9.98 Å². The van der Waals surface area contributed by atoms with Gasteiger partial charge in [0.15, 0.2) is 0 Å². The number of benzene rings is 1. The summed E-state index contributed by atoms with van der Waals surface area (Å²) in [4.78, 5) is 8.69. The molecule has 0 atom stereocenters. The van der Waals surface area contributed by atoms with Crippen molar-refractivity contribution in [3.8, 4) is 0 Å². The van der Waals surface area contributed by atoms with Crippen LogP contribution in [0.1, 0.15) is 18.1 Å². The Hall–Kier alpha value is -2.22. The van der Waals surface area contributed by atoms with Crippen molar-refractivity contribution in [3.63, 3.8) is 0 Å². The van der Waals surface area contributed by atoms with E-state index in [1.165, 1.54) is 0 Å². The smallest absolute Gasteiger partial charge is 0.0964 e. The Labute approximate surface area is 102 Å². The molecule has 1 aromatic carbocycles. The Balaban J connectivity index is 3.56. The largest absolute Gasteiger partial charge is 0.259 e. The van der Waals surface area contributed by atoms with Crippen LogP contribution in [0.25, 0.3) is 12.2 Å². The average Bonchev–Trinajstić information content (AvgIpc) is 2.37. The third-order valence-electron chi connectivity index (χ3n) is 2.22. The Morgan fingerprint density at radius 2 is 1.47 bits per heavy atom. The van der Waals surface area contributed by atoms with E-state index in [9.17, 15) is 0 Å². The molecule has 17 heavy (non-hydrogen) atoms. The van der Waals surface area contributed by atoms with Gasteiger partial charge in [0.25, 0.3) is 0 Å². The van der Waals surface area contributed by atoms with Gasteiger partial charge >= 0.3 is 0 Å². The van der Waals surface area contributed by atoms with E-state index in [0.29, 0.717) is 0 Å². The van der Waals surface area contributed by atoms with Crippen LogP contribution in [0.15, 0.2) is 47.9 Å². The first-order chi connectivity index (χ1) is 8.28. The minimum atomic E-state index is 0.787. The molecule has 0 aliphatic carbocycles. The molecule has 0 fully saturated rings. The minimum absolute atomic E-state index is 0.787. The average molecular weight is 224 g/mol. The molecule has 0 spiro atoms. The number of rotatable bonds is 5. The van der Waals surface area contributed by atoms with E-state index in [2.05, 4.69) is 29.7 Å². The molecule has 0 N–H and O–H groups in total. The second kappa shape index (κ2) is 6.38. The van der Waals surface area contributed by atoms with Crippen LogP contribution >= 0.6 is 0 Å². The lowest BCUT2D eigenvalue weighted by Gasteiger charge is -2.08. The summed E-state index contributed by atoms with van der Waals surface area (Å²) < 4.78 is 0. The maximum absolute atomic E-state index is 4.35. The van der Waals surface area contributed by atoms with E-state index in [-0.39, 0.29) is 0 Å². The monoisotopic (exact) mass is 224 g/mol. The molecule has 0 aliphatic heterocycles. The fraction of sp³-hybridized carbons (Fsp3) is 0.0667. The number of hydrogen-bond donors (Lipinski definition) is 0. The minimum Gasteiger partial charge on any atom is -0.259 e. The molecule has 1 aromatic rings. The predicted octanol–water partition coefficient (Wildman–Crippen LogP) is 4.58. The van der Waals surface area contributed by atoms with E-state index in [4.69, 9.17) is 0 Å². The highest BCUT2D eigenvalue weighted by Gasteiger charge is 2.07. The Kier molecular flexibility index (Phi) is 4.82. The van der Waals surface area contributed by atoms with Gasteiger partial charge in [0.05, 0.1) is 11.4 Å². The molecule has 0 radical (unpaired) electrons. The molecule has 0 heterocycles. The van der Waals surface area contributed by atoms with Crippen molar-refractivity contribution >= 4 is 36.0 Å². The van der Waals surface area contributed by atoms with E-state index < -0.39 is 0 Å². The van der Waals surface area contributed by atoms with Crippen molar-refractivity contribution in [1.82, 2.24) is 0 Å². The summed E-state index contributed by atoms with van der Waals surface area (Å²) in [6, 6.07) is 3.91. The highest BCUT2D eigenvalue weighted by Crippen LogP contribution is 2.36. The Morgan fingerprint density at radius 3 is 1.88 bits per heavy atom. The molecular formula is C15H16N2. The van der Waals surface area contributed by atoms with E-state index >= 15 is 0 Å². The predicted molar refractivity (Wildman–Crippen MR) is 78.8 cm³/mol. The lowest BCUT2D eigenvalue weighted by atomic mass is 10.1. The number of nitrogens with zero attached hydrogens (tertiary/aromatic N) is 2. The lowest BCUT2D eigenvalue weighted by Crippen LogP contribution is -1.82. The van der Waals surface area contributed by atoms with Gasteiger partial charge in [0.1, 0.15) is 0 Å². The molecule has 86 valence electrons. The topological polar surface area (TPSA) is 24.7 Å². The van der Waals surface area contributed by atoms with Crippen LogP contribution in [0.5, 0.6) is 0 Å². The molecular weight excluding hydrogens is 208 g/mol. The zero-order valence-electron chi connectivity index (χ0n) is 10.1. The zero-order valence-corrected chi connectivity index (χ0v) is 10.1. The van der Waals surface area contributed by atoms with E-state index in [0.717, 1.165) is 22.5 Å². The summed E-state index contributed by atoms with van der Waals surface area (Å²) in [5, 5.41) is 0. The van der Waals surface area contributed by atoms with Crippen LogP contribution in [0, 0.1) is 0 Å². The standard InChI is InChI=1S/C15H16N2/c1-5-11-17-15-13(7-3)10-9-12(6-2)14(15)16-8-4/h5-11H,1-3H2,4H3. The first-order valence-corrected chi connectivity index (χ1v) is 5.34. The highest BCUT2D eigenvalue weighted by molar-refractivity contribution is 5.87. The summed E-state index contributed by atoms with van der Waals surface area (Å²) >= 11 is 0. The van der Waals surface area contributed by atoms with Gasteiger partial charge in [-0.25, -0.2) is 0 Å². The van der Waals surface area contributed by atoms with Gasteiger partial charge in [-0.05, 0) is 6.92 Å². The summed E-state index contributed by atoms with van der Waals surface area (Å²) in [7, 11) is 0. The molecule has 0 bridgehead atoms. The van der Waals surface area contributed by atoms with Gasteiger partial charge in [0, 0.05) is 23.6 Å². The number of allylic oxidation sites excluding steroid dienone is 1. The van der Waals surface area contributed by atoms with Crippen molar-refractivity contribution in [3.05, 3.63) is 49.1 Å². The maximum Gasteiger partial charge on any atom is 0.0964 e. The molecule has 0 aromatic heterocycles. The fourth-order valence-electron chi connectivity index (χ4n) is 1.47. The van der Waals surface area contributed by atoms with Crippen molar-refractivity contribution in [2.75, 3.05) is 0 Å². The quantitative estimate of drug-likeness (QED) is 0.654. The van der Waals surface area contributed by atoms with Gasteiger partial charge in [-0.15, -0.1) is 0 Å². The molecule has 2 heteroatoms. The summed E-state index contributed by atoms with van der Waals surface area (Å²) in [5.41, 5.74) is 3.48. The van der Waals surface area contributed by atoms with Crippen LogP contribution in [-0.4, -0.2) is 12.4 Å². The van der Waals surface area contributed by atoms with E-state index in [1.807, 2.05) is 19.1 Å². The van der Waals surface area contributed by atoms with Crippen LogP contribution < -0.4 is 0 Å². The zero-order chi connectivity index (χ0) is 12.7. The summed E-state index contributed by atoms with van der Waals surface area (Å²) in [6.45, 7) is 13.0. The first kappa shape index (κ1) is 12.8. The van der Waals surface area contributed by atoms with Crippen LogP contribution in [0.3, 0.4) is 0 Å². The molecule has 2 nitrogen and oxygen atoms in total. The summed E-state index contributed by atoms with van der Waals surface area (Å²) in [5.74, 6) is 0. The van der Waals surface area contributed by atoms with Gasteiger partial charge in [-0.2, -0.15) is 0 Å². The molecule has 1 rings (SSSR count). The van der Waals surface area contributed by atoms with Crippen LogP contribution in [0.4, 0.5) is 11.4 Å². The lowest BCUT2D eigenvalue weighted by molar-refractivity contribution is 1.43. The molecule has 0 saturated heterocycles. The third-order valence-corrected chi connectivity index (χ3v) is 2.22. The van der Waals surface area contributed by atoms with Crippen molar-refractivity contribution in [1.29, 1.82) is 0 Å². The highest BCUT2D eigenvalue weighted by atomic mass is 14.8. The molecule has 0 saturated carbocycles. The maximum atomic E-state index is 4.35. The Bertz CT molecular complexity index is 494. The van der Waals surface area contributed by atoms with Crippen molar-refractivity contribution < 1.29 is 0 Å². The van der Waals surface area contributed by atoms with Gasteiger partial charge < -0.3 is 0 Å². The van der Waals surface area contributed by atoms with Gasteiger partial charge in [0.2, 0.25) is 0 Å². The van der Waals surface area contributed by atoms with E-state index in [1.54, 1.807) is 30.7 Å². The molecule has 0 aliphatic rings. The number of aliphatic imine (C=N–C) groups is 2. The first-order valence-electron chi connectivity index (χ1n) is 5.34. The molecule has 0 unspecified atom stereocenters. The normalized spacial score (nSPS) is 10.9. The summed E-state index contributed by atoms with van der Waals surface area (Å²) in [6.07, 6.45) is 8.54. The molecule has 0 amide bonds. The SMILES string of the molecule is C=CC=Nc1c(C=C)ccc(C=C)c1N=CC. The fourth-order valence-corrected chi connectivity index (χ4v) is 1.47. The van der Waals surface area contributed by atoms with Crippen LogP contribution in [-0.2, 0) is 0 Å². The second-order valence-electron chi connectivity index (χ2n) is 3.25. The Morgan fingerprint density at radius 1 is 0.941 bits per heavy atom. The third kappa shape index (κ3) is 2.88. The van der Waals surface area contributed by atoms with Crippen molar-refractivity contribution in [2.45, 2.75) is 6.92 Å². The van der Waals surface area contributed by atoms with Gasteiger partial charge in [-0.3, -0.25) is 9.98 Å².